The fourth-order valence-electron chi connectivity index (χ4n) is 10.0. The van der Waals surface area contributed by atoms with Gasteiger partial charge in [0.2, 0.25) is 0 Å². The third-order valence-electron chi connectivity index (χ3n) is 12.0. The third kappa shape index (κ3) is 2.21. The Bertz CT molecular complexity index is 1060. The Morgan fingerprint density at radius 2 is 1.82 bits per heavy atom. The number of aliphatic hydroxyl groups excluding tert-OH is 1. The van der Waals surface area contributed by atoms with Crippen molar-refractivity contribution in [3.8, 4) is 0 Å². The molecule has 0 aromatic heterocycles. The average Bonchev–Trinajstić information content (AvgIpc) is 3.26. The molecule has 0 amide bonds. The molecule has 0 bridgehead atoms. The molecule has 3 heterocycles. The summed E-state index contributed by atoms with van der Waals surface area (Å²) in [5, 5.41) is 11.6. The van der Waals surface area contributed by atoms with Crippen LogP contribution in [0.2, 0.25) is 0 Å². The number of hydrogen-bond donors (Lipinski definition) is 1. The van der Waals surface area contributed by atoms with Gasteiger partial charge in [-0.2, -0.15) is 0 Å². The number of ketones is 1. The maximum Gasteiger partial charge on any atom is 0.334 e. The second-order valence-electron chi connectivity index (χ2n) is 12.7. The molecule has 4 aliphatic carbocycles. The maximum absolute atomic E-state index is 13.3. The molecule has 2 saturated heterocycles. The lowest BCUT2D eigenvalue weighted by Crippen LogP contribution is -2.61. The van der Waals surface area contributed by atoms with Crippen molar-refractivity contribution in [3.05, 3.63) is 23.3 Å². The number of carbonyl (C=O) groups excluding carboxylic acids is 2. The molecule has 11 atom stereocenters. The van der Waals surface area contributed by atoms with Gasteiger partial charge in [0.1, 0.15) is 17.3 Å². The van der Waals surface area contributed by atoms with Crippen molar-refractivity contribution >= 4 is 11.8 Å². The van der Waals surface area contributed by atoms with Crippen molar-refractivity contribution in [1.82, 2.24) is 0 Å². The van der Waals surface area contributed by atoms with Crippen LogP contribution >= 0.6 is 0 Å². The van der Waals surface area contributed by atoms with Gasteiger partial charge in [0.15, 0.2) is 12.1 Å². The molecule has 0 aromatic carbocycles. The molecule has 1 unspecified atom stereocenters. The first-order valence-corrected chi connectivity index (χ1v) is 13.2. The van der Waals surface area contributed by atoms with Gasteiger partial charge in [-0.3, -0.25) is 4.79 Å². The Labute approximate surface area is 201 Å². The van der Waals surface area contributed by atoms with E-state index >= 15 is 0 Å². The highest BCUT2D eigenvalue weighted by molar-refractivity contribution is 5.97. The quantitative estimate of drug-likeness (QED) is 0.465. The zero-order valence-corrected chi connectivity index (χ0v) is 20.6. The first kappa shape index (κ1) is 21.8. The minimum atomic E-state index is -0.872. The van der Waals surface area contributed by atoms with Crippen LogP contribution in [0.4, 0.5) is 0 Å². The number of cyclic esters (lactones) is 1. The van der Waals surface area contributed by atoms with Crippen molar-refractivity contribution in [2.45, 2.75) is 102 Å². The highest BCUT2D eigenvalue weighted by Crippen LogP contribution is 2.75. The van der Waals surface area contributed by atoms with Gasteiger partial charge in [-0.25, -0.2) is 4.79 Å². The van der Waals surface area contributed by atoms with Gasteiger partial charge in [-0.05, 0) is 90.0 Å². The van der Waals surface area contributed by atoms with Crippen LogP contribution in [0.1, 0.15) is 72.6 Å². The first-order chi connectivity index (χ1) is 16.1. The lowest BCUT2D eigenvalue weighted by atomic mass is 9.44. The van der Waals surface area contributed by atoms with E-state index < -0.39 is 17.3 Å². The molecule has 6 heteroatoms. The molecule has 34 heavy (non-hydrogen) atoms. The zero-order chi connectivity index (χ0) is 23.8. The Hall–Kier alpha value is -1.50. The summed E-state index contributed by atoms with van der Waals surface area (Å²) in [6.45, 7) is 8.03. The lowest BCUT2D eigenvalue weighted by molar-refractivity contribution is -0.217. The maximum atomic E-state index is 13.3. The van der Waals surface area contributed by atoms with E-state index in [1.54, 1.807) is 6.08 Å². The molecular formula is C28H36O6. The van der Waals surface area contributed by atoms with Gasteiger partial charge >= 0.3 is 5.97 Å². The van der Waals surface area contributed by atoms with Crippen molar-refractivity contribution in [3.63, 3.8) is 0 Å². The van der Waals surface area contributed by atoms with Crippen LogP contribution in [-0.2, 0) is 23.8 Å². The predicted molar refractivity (Wildman–Crippen MR) is 122 cm³/mol. The number of rotatable bonds is 1. The van der Waals surface area contributed by atoms with E-state index in [-0.39, 0.29) is 46.8 Å². The van der Waals surface area contributed by atoms with Crippen molar-refractivity contribution in [1.29, 1.82) is 0 Å². The number of ether oxygens (including phenoxy) is 3. The molecule has 3 aliphatic heterocycles. The Morgan fingerprint density at radius 1 is 1.03 bits per heavy atom. The molecule has 3 saturated carbocycles. The second-order valence-corrected chi connectivity index (χ2v) is 12.7. The van der Waals surface area contributed by atoms with Crippen molar-refractivity contribution in [2.24, 2.45) is 34.5 Å². The average molecular weight is 469 g/mol. The van der Waals surface area contributed by atoms with Gasteiger partial charge < -0.3 is 19.3 Å². The minimum absolute atomic E-state index is 0.131. The second kappa shape index (κ2) is 6.43. The topological polar surface area (TPSA) is 85.4 Å². The predicted octanol–water partition coefficient (Wildman–Crippen LogP) is 3.86. The fourth-order valence-corrected chi connectivity index (χ4v) is 10.0. The number of epoxide rings is 1. The number of hydrogen-bond acceptors (Lipinski definition) is 6. The van der Waals surface area contributed by atoms with E-state index in [0.29, 0.717) is 23.8 Å². The summed E-state index contributed by atoms with van der Waals surface area (Å²) >= 11 is 0. The number of aliphatic hydroxyl groups is 1. The molecule has 1 N–H and O–H groups in total. The largest absolute Gasteiger partial charge is 0.456 e. The van der Waals surface area contributed by atoms with Crippen LogP contribution in [0, 0.1) is 34.5 Å². The molecular weight excluding hydrogens is 432 g/mol. The molecule has 7 aliphatic rings. The smallest absolute Gasteiger partial charge is 0.334 e. The number of carbonyl (C=O) groups is 2. The normalized spacial score (nSPS) is 57.4. The number of esters is 1. The van der Waals surface area contributed by atoms with E-state index in [2.05, 4.69) is 13.8 Å². The van der Waals surface area contributed by atoms with E-state index in [1.165, 1.54) is 0 Å². The fraction of sp³-hybridized carbons (Fsp3) is 0.786. The van der Waals surface area contributed by atoms with E-state index in [4.69, 9.17) is 14.2 Å². The number of allylic oxidation sites excluding steroid dienone is 1. The molecule has 0 aromatic rings. The molecule has 0 radical (unpaired) electrons. The highest BCUT2D eigenvalue weighted by atomic mass is 16.6. The summed E-state index contributed by atoms with van der Waals surface area (Å²) in [5.41, 5.74) is -0.0920. The SMILES string of the molecule is CC1=C(C)C(=O)O[C@@H]([C@]2(C)OC(O)[C@]34CC[C@H]5[C@@H](C[C@H]6O[C@]67CC=CC(=O)[C@]57C)[C@@H]3CC[C@H]24)C1. The van der Waals surface area contributed by atoms with E-state index in [9.17, 15) is 14.7 Å². The highest BCUT2D eigenvalue weighted by Gasteiger charge is 2.80. The minimum Gasteiger partial charge on any atom is -0.456 e. The van der Waals surface area contributed by atoms with E-state index in [0.717, 1.165) is 44.1 Å². The third-order valence-corrected chi connectivity index (χ3v) is 12.0. The van der Waals surface area contributed by atoms with Crippen LogP contribution < -0.4 is 0 Å². The van der Waals surface area contributed by atoms with Gasteiger partial charge in [0.25, 0.3) is 0 Å². The van der Waals surface area contributed by atoms with Gasteiger partial charge in [0.05, 0.1) is 11.5 Å². The molecule has 5 fully saturated rings. The Balaban J connectivity index is 1.25. The first-order valence-electron chi connectivity index (χ1n) is 13.2. The molecule has 6 nitrogen and oxygen atoms in total. The Morgan fingerprint density at radius 3 is 2.59 bits per heavy atom. The summed E-state index contributed by atoms with van der Waals surface area (Å²) in [5.74, 6) is 1.01. The monoisotopic (exact) mass is 468 g/mol. The van der Waals surface area contributed by atoms with Crippen molar-refractivity contribution < 1.29 is 28.9 Å². The van der Waals surface area contributed by atoms with Gasteiger partial charge in [0, 0.05) is 23.3 Å². The standard InChI is InChI=1S/C28H36O6/c1-14-12-21(32-23(30)15(14)2)26(4)19-8-7-18-16-13-22-28(33-22)10-5-6-20(29)25(28,3)17(16)9-11-27(18,19)24(31)34-26/h5-6,16-19,21-22,24,31H,7-13H2,1-4H3/t16-,17+,18+,19-,21-,22-,24?,25+,26-,27-,28-/m1/s1. The van der Waals surface area contributed by atoms with Crippen LogP contribution in [0.25, 0.3) is 0 Å². The lowest BCUT2D eigenvalue weighted by Gasteiger charge is -2.57. The summed E-state index contributed by atoms with van der Waals surface area (Å²) in [4.78, 5) is 25.9. The molecule has 7 rings (SSSR count). The number of fused-ring (bicyclic) bond motifs is 3. The summed E-state index contributed by atoms with van der Waals surface area (Å²) < 4.78 is 18.7. The van der Waals surface area contributed by atoms with Crippen LogP contribution in [-0.4, -0.2) is 46.6 Å². The zero-order valence-electron chi connectivity index (χ0n) is 20.6. The summed E-state index contributed by atoms with van der Waals surface area (Å²) in [7, 11) is 0. The molecule has 2 spiro atoms. The van der Waals surface area contributed by atoms with Gasteiger partial charge in [-0.15, -0.1) is 0 Å². The summed E-state index contributed by atoms with van der Waals surface area (Å²) in [6, 6.07) is 0. The van der Waals surface area contributed by atoms with E-state index in [1.807, 2.05) is 19.9 Å². The van der Waals surface area contributed by atoms with Crippen LogP contribution in [0.3, 0.4) is 0 Å². The van der Waals surface area contributed by atoms with Crippen LogP contribution in [0.15, 0.2) is 23.3 Å². The van der Waals surface area contributed by atoms with Crippen LogP contribution in [0.5, 0.6) is 0 Å². The molecule has 184 valence electrons. The summed E-state index contributed by atoms with van der Waals surface area (Å²) in [6.07, 6.45) is 8.88. The van der Waals surface area contributed by atoms with Crippen molar-refractivity contribution in [2.75, 3.05) is 0 Å². The Kier molecular flexibility index (Phi) is 4.12. The van der Waals surface area contributed by atoms with Gasteiger partial charge in [-0.1, -0.05) is 11.6 Å².